The molecule has 7 nitrogen and oxygen atoms in total. The molecule has 0 radical (unpaired) electrons. The average molecular weight is 497 g/mol. The normalized spacial score (nSPS) is 26.3. The molecule has 1 unspecified atom stereocenters. The molecule has 10 heteroatoms. The highest BCUT2D eigenvalue weighted by Gasteiger charge is 2.33. The molecule has 1 saturated carbocycles. The van der Waals surface area contributed by atoms with Crippen molar-refractivity contribution in [3.8, 4) is 5.19 Å². The van der Waals surface area contributed by atoms with Crippen LogP contribution in [0.3, 0.4) is 0 Å². The maximum absolute atomic E-state index is 13.0. The van der Waals surface area contributed by atoms with E-state index in [1.807, 2.05) is 6.21 Å². The maximum Gasteiger partial charge on any atom is 0.278 e. The number of likely N-dealkylation sites (tertiary alicyclic amines) is 1. The van der Waals surface area contributed by atoms with Crippen molar-refractivity contribution in [2.24, 2.45) is 16.8 Å². The summed E-state index contributed by atoms with van der Waals surface area (Å²) >= 11 is 1.39. The van der Waals surface area contributed by atoms with E-state index < -0.39 is 18.6 Å². The van der Waals surface area contributed by atoms with Crippen molar-refractivity contribution in [1.82, 2.24) is 14.8 Å². The highest BCUT2D eigenvalue weighted by Crippen LogP contribution is 2.33. The summed E-state index contributed by atoms with van der Waals surface area (Å²) in [6.45, 7) is 2.92. The molecule has 1 saturated heterocycles. The summed E-state index contributed by atoms with van der Waals surface area (Å²) in [6, 6.07) is -0.391. The second kappa shape index (κ2) is 10.8. The minimum atomic E-state index is -2.86. The first-order valence-electron chi connectivity index (χ1n) is 12.2. The van der Waals surface area contributed by atoms with Gasteiger partial charge in [0.25, 0.3) is 17.0 Å². The molecule has 0 bridgehead atoms. The third-order valence-electron chi connectivity index (χ3n) is 7.17. The van der Waals surface area contributed by atoms with Gasteiger partial charge in [0.2, 0.25) is 5.91 Å². The van der Waals surface area contributed by atoms with Gasteiger partial charge < -0.3 is 9.64 Å². The van der Waals surface area contributed by atoms with Crippen LogP contribution >= 0.6 is 11.3 Å². The van der Waals surface area contributed by atoms with Gasteiger partial charge in [0.15, 0.2) is 6.61 Å². The summed E-state index contributed by atoms with van der Waals surface area (Å²) in [5.74, 6) is -2.03. The molecule has 2 fully saturated rings. The summed E-state index contributed by atoms with van der Waals surface area (Å²) in [5, 5.41) is 0.345. The molecule has 34 heavy (non-hydrogen) atoms. The lowest BCUT2D eigenvalue weighted by Crippen LogP contribution is -2.34. The predicted octanol–water partition coefficient (Wildman–Crippen LogP) is 3.95. The summed E-state index contributed by atoms with van der Waals surface area (Å²) in [6.07, 6.45) is 9.18. The predicted molar refractivity (Wildman–Crippen MR) is 127 cm³/mol. The second-order valence-corrected chi connectivity index (χ2v) is 11.0. The number of aromatic nitrogens is 1. The van der Waals surface area contributed by atoms with E-state index >= 15 is 0 Å². The Balaban J connectivity index is 1.16. The third-order valence-corrected chi connectivity index (χ3v) is 8.24. The highest BCUT2D eigenvalue weighted by molar-refractivity contribution is 7.13. The minimum Gasteiger partial charge on any atom is -0.464 e. The molecular weight excluding hydrogens is 462 g/mol. The number of hydrogen-bond donors (Lipinski definition) is 0. The van der Waals surface area contributed by atoms with Crippen LogP contribution in [-0.2, 0) is 22.6 Å². The molecule has 3 aliphatic rings. The van der Waals surface area contributed by atoms with E-state index in [4.69, 9.17) is 4.74 Å². The van der Waals surface area contributed by atoms with Crippen LogP contribution in [0.15, 0.2) is 4.99 Å². The molecule has 1 atom stereocenters. The minimum absolute atomic E-state index is 0.0173. The van der Waals surface area contributed by atoms with Gasteiger partial charge in [-0.2, -0.15) is 0 Å². The Morgan fingerprint density at radius 3 is 2.71 bits per heavy atom. The fourth-order valence-corrected chi connectivity index (χ4v) is 5.93. The number of hydrogen-bond acceptors (Lipinski definition) is 6. The number of fused-ring (bicyclic) bond motifs is 1. The van der Waals surface area contributed by atoms with Crippen molar-refractivity contribution in [2.45, 2.75) is 76.8 Å². The van der Waals surface area contributed by atoms with Crippen molar-refractivity contribution < 1.29 is 23.1 Å². The number of rotatable bonds is 8. The van der Waals surface area contributed by atoms with Crippen LogP contribution in [0.1, 0.15) is 62.4 Å². The molecular formula is C24H34F2N4O3S. The van der Waals surface area contributed by atoms with E-state index in [1.165, 1.54) is 16.2 Å². The second-order valence-electron chi connectivity index (χ2n) is 9.98. The highest BCUT2D eigenvalue weighted by atomic mass is 32.1. The van der Waals surface area contributed by atoms with Gasteiger partial charge in [-0.15, -0.1) is 0 Å². The van der Waals surface area contributed by atoms with E-state index in [1.54, 1.807) is 7.05 Å². The summed E-state index contributed by atoms with van der Waals surface area (Å²) < 4.78 is 31.3. The maximum atomic E-state index is 13.0. The Morgan fingerprint density at radius 1 is 1.26 bits per heavy atom. The van der Waals surface area contributed by atoms with E-state index in [0.717, 1.165) is 75.7 Å². The number of halogens is 2. The van der Waals surface area contributed by atoms with Gasteiger partial charge in [-0.3, -0.25) is 14.5 Å². The lowest BCUT2D eigenvalue weighted by atomic mass is 9.81. The van der Waals surface area contributed by atoms with Gasteiger partial charge in [-0.1, -0.05) is 11.3 Å². The number of thiazole rings is 1. The van der Waals surface area contributed by atoms with Crippen LogP contribution in [0.4, 0.5) is 8.78 Å². The van der Waals surface area contributed by atoms with E-state index in [2.05, 4.69) is 14.9 Å². The number of nitrogens with zero attached hydrogens (tertiary/aromatic N) is 4. The Kier molecular flexibility index (Phi) is 7.97. The number of alkyl halides is 2. The quantitative estimate of drug-likeness (QED) is 0.510. The van der Waals surface area contributed by atoms with Crippen molar-refractivity contribution in [1.29, 1.82) is 0 Å². The van der Waals surface area contributed by atoms with Crippen LogP contribution in [-0.4, -0.2) is 71.5 Å². The molecule has 1 aromatic heterocycles. The lowest BCUT2D eigenvalue weighted by molar-refractivity contribution is -0.132. The summed E-state index contributed by atoms with van der Waals surface area (Å²) in [4.78, 5) is 37.6. The molecule has 1 aromatic rings. The van der Waals surface area contributed by atoms with Gasteiger partial charge in [0.05, 0.1) is 5.69 Å². The number of amides is 2. The van der Waals surface area contributed by atoms with Crippen molar-refractivity contribution in [3.63, 3.8) is 0 Å². The average Bonchev–Trinajstić information content (AvgIpc) is 3.37. The van der Waals surface area contributed by atoms with Gasteiger partial charge in [0.1, 0.15) is 6.04 Å². The third kappa shape index (κ3) is 6.59. The first-order valence-corrected chi connectivity index (χ1v) is 13.0. The number of ether oxygens (including phenoxy) is 1. The largest absolute Gasteiger partial charge is 0.464 e. The monoisotopic (exact) mass is 496 g/mol. The van der Waals surface area contributed by atoms with E-state index in [-0.39, 0.29) is 11.8 Å². The van der Waals surface area contributed by atoms with Crippen LogP contribution in [0, 0.1) is 11.8 Å². The zero-order valence-electron chi connectivity index (χ0n) is 20.0. The van der Waals surface area contributed by atoms with E-state index in [0.29, 0.717) is 29.9 Å². The Morgan fingerprint density at radius 2 is 2.03 bits per heavy atom. The van der Waals surface area contributed by atoms with Crippen molar-refractivity contribution >= 4 is 29.4 Å². The molecule has 1 aliphatic carbocycles. The van der Waals surface area contributed by atoms with Crippen LogP contribution in [0.2, 0.25) is 0 Å². The van der Waals surface area contributed by atoms with Crippen LogP contribution < -0.4 is 4.74 Å². The number of likely N-dealkylation sites (N-methyl/N-ethyl adjacent to an activating group) is 1. The van der Waals surface area contributed by atoms with Crippen molar-refractivity contribution in [3.05, 3.63) is 10.6 Å². The van der Waals surface area contributed by atoms with Crippen LogP contribution in [0.5, 0.6) is 5.19 Å². The van der Waals surface area contributed by atoms with Gasteiger partial charge >= 0.3 is 0 Å². The molecule has 4 rings (SSSR count). The smallest absolute Gasteiger partial charge is 0.278 e. The molecule has 0 aromatic carbocycles. The van der Waals surface area contributed by atoms with Crippen molar-refractivity contribution in [2.75, 3.05) is 26.7 Å². The first-order chi connectivity index (χ1) is 16.2. The van der Waals surface area contributed by atoms with E-state index in [9.17, 15) is 18.4 Å². The van der Waals surface area contributed by atoms with Crippen LogP contribution in [0.25, 0.3) is 0 Å². The van der Waals surface area contributed by atoms with Gasteiger partial charge in [-0.25, -0.2) is 18.8 Å². The van der Waals surface area contributed by atoms with Gasteiger partial charge in [0, 0.05) is 44.6 Å². The number of carbonyl (C=O) groups excluding carboxylic acids is 2. The Labute approximate surface area is 203 Å². The molecule has 188 valence electrons. The molecule has 2 amide bonds. The Hall–Kier alpha value is -1.94. The zero-order valence-corrected chi connectivity index (χ0v) is 20.8. The first kappa shape index (κ1) is 25.2. The number of carbonyl (C=O) groups is 2. The molecule has 3 heterocycles. The fraction of sp³-hybridized carbons (Fsp3) is 0.750. The molecule has 2 aliphatic heterocycles. The Bertz CT molecular complexity index is 909. The topological polar surface area (TPSA) is 75.1 Å². The fourth-order valence-electron chi connectivity index (χ4n) is 5.02. The molecule has 0 spiro atoms. The SMILES string of the molecule is CN1C(=O)CCC1C(=O)N=CC1CCC(CCN2CCc3sc(OCC(C)(F)F)nc3C2)CC1. The standard InChI is InChI=1S/C24H34F2N4O3S/c1-24(25,26)15-33-23-28-18-14-30(12-10-20(18)34-23)11-9-16-3-5-17(6-4-16)13-27-22(32)19-7-8-21(31)29(19)2/h13,16-17,19H,3-12,14-15H2,1-2H3. The van der Waals surface area contributed by atoms with Gasteiger partial charge in [-0.05, 0) is 63.3 Å². The summed E-state index contributed by atoms with van der Waals surface area (Å²) in [5.41, 5.74) is 0.963. The number of aliphatic imine (C=N–C) groups is 1. The summed E-state index contributed by atoms with van der Waals surface area (Å²) in [7, 11) is 1.68. The molecule has 0 N–H and O–H groups in total. The zero-order chi connectivity index (χ0) is 24.3. The lowest BCUT2D eigenvalue weighted by Gasteiger charge is -2.30.